The second-order valence-electron chi connectivity index (χ2n) is 6.98. The Hall–Kier alpha value is -1.79. The minimum absolute atomic E-state index is 0.0596. The van der Waals surface area contributed by atoms with E-state index in [1.807, 2.05) is 19.1 Å². The third-order valence-corrected chi connectivity index (χ3v) is 4.73. The number of pyridine rings is 1. The molecular weight excluding hydrogens is 319 g/mol. The van der Waals surface area contributed by atoms with E-state index >= 15 is 0 Å². The number of nitrogens with zero attached hydrogens (tertiary/aromatic N) is 2. The van der Waals surface area contributed by atoms with Gasteiger partial charge in [0.15, 0.2) is 0 Å². The van der Waals surface area contributed by atoms with E-state index in [-0.39, 0.29) is 31.6 Å². The van der Waals surface area contributed by atoms with Gasteiger partial charge < -0.3 is 10.2 Å². The van der Waals surface area contributed by atoms with Crippen molar-refractivity contribution in [2.24, 2.45) is 11.3 Å². The minimum Gasteiger partial charge on any atom is -0.331 e. The molecule has 2 unspecified atom stereocenters. The van der Waals surface area contributed by atoms with E-state index in [1.165, 1.54) is 4.90 Å². The molecule has 1 fully saturated rings. The molecule has 2 rings (SSSR count). The topological polar surface area (TPSA) is 45.2 Å². The fourth-order valence-electron chi connectivity index (χ4n) is 3.39. The molecular formula is C17H24F3N3O. The van der Waals surface area contributed by atoms with E-state index < -0.39 is 17.5 Å². The fourth-order valence-corrected chi connectivity index (χ4v) is 3.39. The number of hydrogen-bond donors (Lipinski definition) is 1. The van der Waals surface area contributed by atoms with Crippen LogP contribution in [-0.2, 0) is 0 Å². The molecule has 0 spiro atoms. The van der Waals surface area contributed by atoms with Crippen molar-refractivity contribution >= 4 is 6.03 Å². The molecule has 2 heterocycles. The first kappa shape index (κ1) is 18.5. The summed E-state index contributed by atoms with van der Waals surface area (Å²) in [5.41, 5.74) is -0.0584. The van der Waals surface area contributed by atoms with E-state index in [1.54, 1.807) is 26.2 Å². The Morgan fingerprint density at radius 2 is 2.04 bits per heavy atom. The molecule has 0 radical (unpaired) electrons. The minimum atomic E-state index is -4.23. The molecule has 1 N–H and O–H groups in total. The Labute approximate surface area is 140 Å². The normalized spacial score (nSPS) is 22.1. The predicted octanol–water partition coefficient (Wildman–Crippen LogP) is 4.15. The van der Waals surface area contributed by atoms with Gasteiger partial charge in [-0.2, -0.15) is 13.2 Å². The van der Waals surface area contributed by atoms with Gasteiger partial charge in [-0.3, -0.25) is 4.98 Å². The zero-order chi connectivity index (χ0) is 18.0. The molecule has 134 valence electrons. The summed E-state index contributed by atoms with van der Waals surface area (Å²) in [5, 5.41) is 2.92. The molecule has 2 atom stereocenters. The van der Waals surface area contributed by atoms with Crippen LogP contribution in [0.5, 0.6) is 0 Å². The summed E-state index contributed by atoms with van der Waals surface area (Å²) in [6.45, 7) is 5.31. The van der Waals surface area contributed by atoms with Gasteiger partial charge in [-0.25, -0.2) is 4.79 Å². The van der Waals surface area contributed by atoms with Crippen LogP contribution in [0, 0.1) is 11.3 Å². The van der Waals surface area contributed by atoms with Gasteiger partial charge in [0.1, 0.15) is 0 Å². The van der Waals surface area contributed by atoms with E-state index in [0.717, 1.165) is 5.56 Å². The highest BCUT2D eigenvalue weighted by molar-refractivity contribution is 5.75. The first-order chi connectivity index (χ1) is 11.1. The van der Waals surface area contributed by atoms with Gasteiger partial charge >= 0.3 is 12.2 Å². The van der Waals surface area contributed by atoms with Gasteiger partial charge in [0.2, 0.25) is 0 Å². The maximum atomic E-state index is 13.1. The van der Waals surface area contributed by atoms with Crippen molar-refractivity contribution in [3.05, 3.63) is 30.1 Å². The Balaban J connectivity index is 2.03. The van der Waals surface area contributed by atoms with Crippen molar-refractivity contribution in [2.45, 2.75) is 45.8 Å². The van der Waals surface area contributed by atoms with E-state index in [2.05, 4.69) is 10.3 Å². The number of amides is 2. The van der Waals surface area contributed by atoms with Gasteiger partial charge in [0.05, 0.1) is 12.0 Å². The van der Waals surface area contributed by atoms with Crippen molar-refractivity contribution in [3.63, 3.8) is 0 Å². The average Bonchev–Trinajstić information content (AvgIpc) is 2.50. The number of carbonyl (C=O) groups is 1. The Morgan fingerprint density at radius 1 is 1.42 bits per heavy atom. The number of rotatable bonds is 3. The van der Waals surface area contributed by atoms with Crippen molar-refractivity contribution in [3.8, 4) is 0 Å². The molecule has 0 saturated carbocycles. The Kier molecular flexibility index (Phi) is 5.40. The second kappa shape index (κ2) is 6.99. The summed E-state index contributed by atoms with van der Waals surface area (Å²) < 4.78 is 39.4. The molecule has 1 aromatic heterocycles. The number of halogens is 3. The highest BCUT2D eigenvalue weighted by Gasteiger charge is 2.51. The van der Waals surface area contributed by atoms with Crippen molar-refractivity contribution in [1.82, 2.24) is 15.2 Å². The maximum Gasteiger partial charge on any atom is 0.392 e. The summed E-state index contributed by atoms with van der Waals surface area (Å²) in [5.74, 6) is -1.38. The maximum absolute atomic E-state index is 13.1. The molecule has 0 bridgehead atoms. The lowest BCUT2D eigenvalue weighted by Crippen LogP contribution is -2.54. The van der Waals surface area contributed by atoms with Gasteiger partial charge in [-0.1, -0.05) is 20.8 Å². The molecule has 1 aliphatic rings. The van der Waals surface area contributed by atoms with E-state index in [4.69, 9.17) is 0 Å². The van der Waals surface area contributed by atoms with Crippen LogP contribution in [0.25, 0.3) is 0 Å². The summed E-state index contributed by atoms with van der Waals surface area (Å²) >= 11 is 0. The lowest BCUT2D eigenvalue weighted by Gasteiger charge is -2.45. The monoisotopic (exact) mass is 343 g/mol. The van der Waals surface area contributed by atoms with Crippen LogP contribution in [0.1, 0.15) is 45.2 Å². The number of nitrogens with one attached hydrogen (secondary N) is 1. The standard InChI is InChI=1S/C17H24F3N3O/c1-4-13(12-5-8-21-9-6-12)22-15(24)23-10-7-14(17(18,19)20)16(2,3)11-23/h5-6,8-9,13-14H,4,7,10-11H2,1-3H3,(H,22,24). The molecule has 1 saturated heterocycles. The summed E-state index contributed by atoms with van der Waals surface area (Å²) in [6.07, 6.45) is -0.284. The van der Waals surface area contributed by atoms with Crippen molar-refractivity contribution < 1.29 is 18.0 Å². The molecule has 7 heteroatoms. The highest BCUT2D eigenvalue weighted by atomic mass is 19.4. The Bertz CT molecular complexity index is 560. The molecule has 1 aromatic rings. The molecule has 0 aromatic carbocycles. The number of urea groups is 1. The summed E-state index contributed by atoms with van der Waals surface area (Å²) in [4.78, 5) is 17.9. The molecule has 1 aliphatic heterocycles. The fraction of sp³-hybridized carbons (Fsp3) is 0.647. The number of hydrogen-bond acceptors (Lipinski definition) is 2. The lowest BCUT2D eigenvalue weighted by molar-refractivity contribution is -0.214. The highest BCUT2D eigenvalue weighted by Crippen LogP contribution is 2.45. The van der Waals surface area contributed by atoms with Crippen LogP contribution in [0.4, 0.5) is 18.0 Å². The molecule has 0 aliphatic carbocycles. The van der Waals surface area contributed by atoms with Crippen molar-refractivity contribution in [2.75, 3.05) is 13.1 Å². The van der Waals surface area contributed by atoms with Gasteiger partial charge in [-0.15, -0.1) is 0 Å². The number of alkyl halides is 3. The number of aromatic nitrogens is 1. The van der Waals surface area contributed by atoms with Crippen LogP contribution >= 0.6 is 0 Å². The molecule has 2 amide bonds. The SMILES string of the molecule is CCC(NC(=O)N1CCC(C(F)(F)F)C(C)(C)C1)c1ccncc1. The third-order valence-electron chi connectivity index (χ3n) is 4.73. The second-order valence-corrected chi connectivity index (χ2v) is 6.98. The van der Waals surface area contributed by atoms with Crippen LogP contribution in [-0.4, -0.2) is 35.2 Å². The lowest BCUT2D eigenvalue weighted by atomic mass is 9.73. The Morgan fingerprint density at radius 3 is 2.54 bits per heavy atom. The summed E-state index contributed by atoms with van der Waals surface area (Å²) in [7, 11) is 0. The predicted molar refractivity (Wildman–Crippen MR) is 85.3 cm³/mol. The first-order valence-electron chi connectivity index (χ1n) is 8.17. The quantitative estimate of drug-likeness (QED) is 0.896. The van der Waals surface area contributed by atoms with E-state index in [0.29, 0.717) is 6.42 Å². The van der Waals surface area contributed by atoms with Crippen LogP contribution in [0.2, 0.25) is 0 Å². The molecule has 24 heavy (non-hydrogen) atoms. The first-order valence-corrected chi connectivity index (χ1v) is 8.17. The smallest absolute Gasteiger partial charge is 0.331 e. The van der Waals surface area contributed by atoms with Crippen LogP contribution in [0.15, 0.2) is 24.5 Å². The van der Waals surface area contributed by atoms with Crippen LogP contribution in [0.3, 0.4) is 0 Å². The van der Waals surface area contributed by atoms with Gasteiger partial charge in [-0.05, 0) is 36.0 Å². The van der Waals surface area contributed by atoms with Crippen molar-refractivity contribution in [1.29, 1.82) is 0 Å². The number of likely N-dealkylation sites (tertiary alicyclic amines) is 1. The number of piperidine rings is 1. The number of carbonyl (C=O) groups excluding carboxylic acids is 1. The van der Waals surface area contributed by atoms with Gasteiger partial charge in [0, 0.05) is 25.5 Å². The largest absolute Gasteiger partial charge is 0.392 e. The third kappa shape index (κ3) is 4.19. The van der Waals surface area contributed by atoms with Crippen LogP contribution < -0.4 is 5.32 Å². The van der Waals surface area contributed by atoms with E-state index in [9.17, 15) is 18.0 Å². The zero-order valence-electron chi connectivity index (χ0n) is 14.2. The zero-order valence-corrected chi connectivity index (χ0v) is 14.2. The summed E-state index contributed by atoms with van der Waals surface area (Å²) in [6, 6.07) is 3.17. The molecule has 4 nitrogen and oxygen atoms in total. The average molecular weight is 343 g/mol. The van der Waals surface area contributed by atoms with Gasteiger partial charge in [0.25, 0.3) is 0 Å².